The Morgan fingerprint density at radius 3 is 2.79 bits per heavy atom. The van der Waals surface area contributed by atoms with E-state index in [1.54, 1.807) is 0 Å². The van der Waals surface area contributed by atoms with Crippen LogP contribution in [-0.4, -0.2) is 6.04 Å². The summed E-state index contributed by atoms with van der Waals surface area (Å²) in [6, 6.07) is 0.174. The van der Waals surface area contributed by atoms with Crippen molar-refractivity contribution in [3.63, 3.8) is 0 Å². The second-order valence-corrected chi connectivity index (χ2v) is 3.92. The zero-order chi connectivity index (χ0) is 9.80. The monoisotopic (exact) mass is 187 g/mol. The van der Waals surface area contributed by atoms with Gasteiger partial charge in [-0.2, -0.15) is 0 Å². The van der Waals surface area contributed by atoms with Crippen LogP contribution in [0.3, 0.4) is 0 Å². The van der Waals surface area contributed by atoms with E-state index in [-0.39, 0.29) is 6.04 Å². The predicted octanol–water partition coefficient (Wildman–Crippen LogP) is 2.72. The minimum absolute atomic E-state index is 0.174. The lowest BCUT2D eigenvalue weighted by atomic mass is 9.86. The van der Waals surface area contributed by atoms with E-state index >= 15 is 0 Å². The van der Waals surface area contributed by atoms with Gasteiger partial charge < -0.3 is 5.73 Å². The molecule has 0 aromatic rings. The maximum absolute atomic E-state index is 6.22. The number of nitrogens with two attached hydrogens (primary N) is 1. The number of hydrogen-bond donors (Lipinski definition) is 1. The number of rotatable bonds is 2. The van der Waals surface area contributed by atoms with E-state index in [0.717, 1.165) is 19.3 Å². The van der Waals surface area contributed by atoms with E-state index in [9.17, 15) is 0 Å². The van der Waals surface area contributed by atoms with Gasteiger partial charge in [-0.15, -0.1) is 0 Å². The molecule has 0 bridgehead atoms. The molecule has 0 heterocycles. The molecule has 74 valence electrons. The molecule has 0 aromatic heterocycles. The second-order valence-electron chi connectivity index (χ2n) is 3.92. The third-order valence-electron chi connectivity index (χ3n) is 2.88. The van der Waals surface area contributed by atoms with Gasteiger partial charge >= 0.3 is 0 Å². The Labute approximate surface area is 85.7 Å². The molecule has 2 aliphatic rings. The Morgan fingerprint density at radius 1 is 1.21 bits per heavy atom. The van der Waals surface area contributed by atoms with Crippen LogP contribution in [0.4, 0.5) is 0 Å². The van der Waals surface area contributed by atoms with Crippen molar-refractivity contribution in [1.29, 1.82) is 0 Å². The van der Waals surface area contributed by atoms with Crippen molar-refractivity contribution in [2.45, 2.75) is 25.3 Å². The molecular weight excluding hydrogens is 170 g/mol. The number of hydrogen-bond acceptors (Lipinski definition) is 1. The molecule has 0 aromatic carbocycles. The molecule has 2 unspecified atom stereocenters. The van der Waals surface area contributed by atoms with Gasteiger partial charge in [0.25, 0.3) is 0 Å². The van der Waals surface area contributed by atoms with Gasteiger partial charge in [0.1, 0.15) is 0 Å². The van der Waals surface area contributed by atoms with Crippen LogP contribution >= 0.6 is 0 Å². The highest BCUT2D eigenvalue weighted by atomic mass is 14.7. The highest BCUT2D eigenvalue weighted by Gasteiger charge is 2.17. The molecule has 0 spiro atoms. The maximum Gasteiger partial charge on any atom is 0.0358 e. The molecule has 0 fully saturated rings. The van der Waals surface area contributed by atoms with Crippen LogP contribution in [0.15, 0.2) is 48.1 Å². The Balaban J connectivity index is 2.04. The van der Waals surface area contributed by atoms with E-state index in [2.05, 4.69) is 42.5 Å². The van der Waals surface area contributed by atoms with Crippen LogP contribution in [0.2, 0.25) is 0 Å². The lowest BCUT2D eigenvalue weighted by Gasteiger charge is -2.23. The Kier molecular flexibility index (Phi) is 3.00. The van der Waals surface area contributed by atoms with Crippen molar-refractivity contribution in [3.05, 3.63) is 48.1 Å². The van der Waals surface area contributed by atoms with E-state index in [4.69, 9.17) is 5.73 Å². The van der Waals surface area contributed by atoms with Gasteiger partial charge in [0.05, 0.1) is 0 Å². The molecule has 1 heteroatoms. The van der Waals surface area contributed by atoms with Crippen LogP contribution in [0.1, 0.15) is 19.3 Å². The lowest BCUT2D eigenvalue weighted by Crippen LogP contribution is -2.31. The van der Waals surface area contributed by atoms with E-state index in [1.807, 2.05) is 0 Å². The third-order valence-corrected chi connectivity index (χ3v) is 2.88. The molecule has 0 saturated heterocycles. The van der Waals surface area contributed by atoms with Crippen molar-refractivity contribution < 1.29 is 0 Å². The van der Waals surface area contributed by atoms with Crippen LogP contribution in [0, 0.1) is 5.92 Å². The highest BCUT2D eigenvalue weighted by Crippen LogP contribution is 2.22. The summed E-state index contributed by atoms with van der Waals surface area (Å²) in [5.74, 6) is 0.481. The standard InChI is InChI=1S/C13H17N/c14-13(11-7-3-1-4-8-11)12-9-5-2-6-10-12/h1,3-5,7,9-11,13H,2,6,8,14H2. The molecule has 1 nitrogen and oxygen atoms in total. The second kappa shape index (κ2) is 4.43. The fourth-order valence-electron chi connectivity index (χ4n) is 1.99. The van der Waals surface area contributed by atoms with Gasteiger partial charge in [0.15, 0.2) is 0 Å². The van der Waals surface area contributed by atoms with Gasteiger partial charge in [-0.05, 0) is 30.8 Å². The fraction of sp³-hybridized carbons (Fsp3) is 0.385. The zero-order valence-corrected chi connectivity index (χ0v) is 8.39. The van der Waals surface area contributed by atoms with Crippen LogP contribution in [0.25, 0.3) is 0 Å². The van der Waals surface area contributed by atoms with Crippen LogP contribution in [0.5, 0.6) is 0 Å². The Morgan fingerprint density at radius 2 is 2.14 bits per heavy atom. The summed E-state index contributed by atoms with van der Waals surface area (Å²) in [5, 5.41) is 0. The highest BCUT2D eigenvalue weighted by molar-refractivity contribution is 5.30. The molecule has 2 aliphatic carbocycles. The first-order valence-corrected chi connectivity index (χ1v) is 5.33. The largest absolute Gasteiger partial charge is 0.323 e. The number of allylic oxidation sites excluding steroid dienone is 5. The van der Waals surface area contributed by atoms with Crippen LogP contribution in [-0.2, 0) is 0 Å². The smallest absolute Gasteiger partial charge is 0.0358 e. The molecule has 0 amide bonds. The molecule has 2 N–H and O–H groups in total. The lowest BCUT2D eigenvalue weighted by molar-refractivity contribution is 0.562. The third kappa shape index (κ3) is 2.05. The predicted molar refractivity (Wildman–Crippen MR) is 60.8 cm³/mol. The normalized spacial score (nSPS) is 27.5. The van der Waals surface area contributed by atoms with E-state index < -0.39 is 0 Å². The quantitative estimate of drug-likeness (QED) is 0.706. The van der Waals surface area contributed by atoms with Gasteiger partial charge in [0.2, 0.25) is 0 Å². The Bertz CT molecular complexity index is 307. The first kappa shape index (κ1) is 9.47. The molecule has 0 saturated carbocycles. The van der Waals surface area contributed by atoms with Crippen molar-refractivity contribution >= 4 is 0 Å². The summed E-state index contributed by atoms with van der Waals surface area (Å²) in [6.07, 6.45) is 18.7. The Hall–Kier alpha value is -1.08. The average molecular weight is 187 g/mol. The topological polar surface area (TPSA) is 26.0 Å². The van der Waals surface area contributed by atoms with Gasteiger partial charge in [0, 0.05) is 6.04 Å². The molecule has 0 radical (unpaired) electrons. The fourth-order valence-corrected chi connectivity index (χ4v) is 1.99. The average Bonchev–Trinajstić information content (AvgIpc) is 2.30. The minimum atomic E-state index is 0.174. The van der Waals surface area contributed by atoms with Crippen molar-refractivity contribution in [2.75, 3.05) is 0 Å². The van der Waals surface area contributed by atoms with Gasteiger partial charge in [-0.25, -0.2) is 0 Å². The van der Waals surface area contributed by atoms with E-state index in [1.165, 1.54) is 5.57 Å². The minimum Gasteiger partial charge on any atom is -0.323 e. The molecule has 2 atom stereocenters. The van der Waals surface area contributed by atoms with Crippen LogP contribution < -0.4 is 5.73 Å². The summed E-state index contributed by atoms with van der Waals surface area (Å²) in [7, 11) is 0. The zero-order valence-electron chi connectivity index (χ0n) is 8.39. The van der Waals surface area contributed by atoms with E-state index in [0.29, 0.717) is 5.92 Å². The van der Waals surface area contributed by atoms with Crippen molar-refractivity contribution in [3.8, 4) is 0 Å². The molecule has 2 rings (SSSR count). The molecule has 14 heavy (non-hydrogen) atoms. The van der Waals surface area contributed by atoms with Crippen molar-refractivity contribution in [1.82, 2.24) is 0 Å². The summed E-state index contributed by atoms with van der Waals surface area (Å²) >= 11 is 0. The SMILES string of the molecule is NC(C1=CCCC=C1)C1C=CC=CC1. The first-order chi connectivity index (χ1) is 6.88. The van der Waals surface area contributed by atoms with Crippen molar-refractivity contribution in [2.24, 2.45) is 11.7 Å². The molecule has 0 aliphatic heterocycles. The van der Waals surface area contributed by atoms with Gasteiger partial charge in [-0.3, -0.25) is 0 Å². The van der Waals surface area contributed by atoms with Gasteiger partial charge in [-0.1, -0.05) is 42.5 Å². The molecular formula is C13H17N. The summed E-state index contributed by atoms with van der Waals surface area (Å²) in [5.41, 5.74) is 7.53. The summed E-state index contributed by atoms with van der Waals surface area (Å²) in [4.78, 5) is 0. The summed E-state index contributed by atoms with van der Waals surface area (Å²) in [6.45, 7) is 0. The maximum atomic E-state index is 6.22. The first-order valence-electron chi connectivity index (χ1n) is 5.33. The summed E-state index contributed by atoms with van der Waals surface area (Å²) < 4.78 is 0.